The zero-order valence-corrected chi connectivity index (χ0v) is 43.4. The van der Waals surface area contributed by atoms with Gasteiger partial charge in [0, 0.05) is 29.7 Å². The van der Waals surface area contributed by atoms with Crippen LogP contribution < -0.4 is 15.4 Å². The molecule has 1 saturated heterocycles. The molecule has 0 aromatic heterocycles. The molecule has 17 nitrogen and oxygen atoms in total. The summed E-state index contributed by atoms with van der Waals surface area (Å²) in [6, 6.07) is 12.6. The molecule has 0 aliphatic carbocycles. The Morgan fingerprint density at radius 3 is 1.81 bits per heavy atom. The minimum atomic E-state index is -1.83. The van der Waals surface area contributed by atoms with Crippen molar-refractivity contribution in [1.82, 2.24) is 5.32 Å². The number of nitriles is 1. The number of nitrogens with one attached hydrogen (secondary N) is 2. The summed E-state index contributed by atoms with van der Waals surface area (Å²) in [6.07, 6.45) is -0.715. The zero-order chi connectivity index (χ0) is 52.4. The van der Waals surface area contributed by atoms with E-state index < -0.39 is 58.6 Å². The van der Waals surface area contributed by atoms with Crippen molar-refractivity contribution in [3.63, 3.8) is 0 Å². The lowest BCUT2D eigenvalue weighted by atomic mass is 9.62. The van der Waals surface area contributed by atoms with Crippen LogP contribution >= 0.6 is 23.2 Å². The lowest BCUT2D eigenvalue weighted by molar-refractivity contribution is -0.167. The number of anilines is 1. The number of amides is 1. The molecule has 1 aliphatic heterocycles. The molecule has 2 N–H and O–H groups in total. The fraction of sp³-hybridized carbons (Fsp3) is 0.588. The van der Waals surface area contributed by atoms with Gasteiger partial charge < -0.3 is 67.5 Å². The van der Waals surface area contributed by atoms with Crippen LogP contribution in [0.15, 0.2) is 54.6 Å². The molecule has 0 bridgehead atoms. The molecule has 1 unspecified atom stereocenters. The number of hydrogen-bond acceptors (Lipinski definition) is 16. The van der Waals surface area contributed by atoms with E-state index in [1.807, 2.05) is 20.8 Å². The molecular weight excluding hydrogens is 987 g/mol. The lowest BCUT2D eigenvalue weighted by Crippen LogP contribution is -2.45. The topological polar surface area (TPSA) is 193 Å². The van der Waals surface area contributed by atoms with Gasteiger partial charge in [-0.05, 0) is 60.7 Å². The van der Waals surface area contributed by atoms with Crippen molar-refractivity contribution in [2.45, 2.75) is 63.8 Å². The third-order valence-electron chi connectivity index (χ3n) is 11.1. The van der Waals surface area contributed by atoms with E-state index in [2.05, 4.69) is 16.7 Å². The third-order valence-corrected chi connectivity index (χ3v) is 11.6. The van der Waals surface area contributed by atoms with Crippen molar-refractivity contribution in [1.29, 1.82) is 5.26 Å². The highest BCUT2D eigenvalue weighted by molar-refractivity contribution is 6.31. The molecule has 1 amide bonds. The van der Waals surface area contributed by atoms with Crippen LogP contribution in [-0.2, 0) is 62.3 Å². The SMILES string of the molecule is COCCOCCOCCOCCOCCOCCOCCOCCOCOC(C)OC(=O)c1ccc(NC(=O)[C@@H]2N[C@@H](CC(C)(C)C)[C@](C#N)(c3ccc(Cl)cc3F)[C@H]2c2cccc(Cl)c2F)c(OC)c1. The predicted molar refractivity (Wildman–Crippen MR) is 264 cm³/mol. The average molecular weight is 1060 g/mol. The Hall–Kier alpha value is -4.11. The van der Waals surface area contributed by atoms with Crippen LogP contribution in [0.1, 0.15) is 61.5 Å². The maximum absolute atomic E-state index is 16.1. The summed E-state index contributed by atoms with van der Waals surface area (Å²) in [5.41, 5.74) is -2.16. The van der Waals surface area contributed by atoms with Gasteiger partial charge in [-0.15, -0.1) is 0 Å². The van der Waals surface area contributed by atoms with Crippen molar-refractivity contribution in [2.24, 2.45) is 5.41 Å². The highest BCUT2D eigenvalue weighted by Gasteiger charge is 2.61. The first kappa shape index (κ1) is 60.4. The minimum Gasteiger partial charge on any atom is -0.495 e. The Morgan fingerprint density at radius 2 is 1.31 bits per heavy atom. The van der Waals surface area contributed by atoms with Gasteiger partial charge >= 0.3 is 5.97 Å². The summed E-state index contributed by atoms with van der Waals surface area (Å²) in [5.74, 6) is -4.28. The van der Waals surface area contributed by atoms with Gasteiger partial charge in [-0.1, -0.05) is 62.2 Å². The second-order valence-electron chi connectivity index (χ2n) is 17.5. The molecule has 1 aliphatic rings. The monoisotopic (exact) mass is 1060 g/mol. The number of nitrogens with zero attached hydrogens (tertiary/aromatic N) is 1. The summed E-state index contributed by atoms with van der Waals surface area (Å²) in [4.78, 5) is 27.6. The van der Waals surface area contributed by atoms with Gasteiger partial charge in [0.25, 0.3) is 0 Å². The maximum Gasteiger partial charge on any atom is 0.340 e. The standard InChI is InChI=1S/C51H69Cl2F2N3O14/c1-35(71-34-70-29-28-69-27-26-68-25-24-67-23-22-66-21-20-65-19-18-64-17-16-63-15-14-61-5)72-49(60)36-10-13-42(43(30-36)62-6)57-48(59)47-45(38-8-7-9-40(53)46(38)55)51(33-56,44(58-47)32-50(2,3)4)39-12-11-37(52)31-41(39)54/h7-13,30-31,35,44-45,47,58H,14-29,32,34H2,1-6H3,(H,57,59)/t35?,44-,45-,47+,51-/m0/s1. The Kier molecular flexibility index (Phi) is 27.1. The summed E-state index contributed by atoms with van der Waals surface area (Å²) in [7, 11) is 2.98. The van der Waals surface area contributed by atoms with Crippen molar-refractivity contribution < 1.29 is 75.2 Å². The maximum atomic E-state index is 16.1. The van der Waals surface area contributed by atoms with Crippen molar-refractivity contribution in [2.75, 3.05) is 132 Å². The Labute approximate surface area is 431 Å². The minimum absolute atomic E-state index is 0.0567. The number of carbonyl (C=O) groups excluding carboxylic acids is 2. The zero-order valence-electron chi connectivity index (χ0n) is 41.9. The highest BCUT2D eigenvalue weighted by Crippen LogP contribution is 2.53. The van der Waals surface area contributed by atoms with Crippen LogP contribution in [0, 0.1) is 28.4 Å². The molecule has 3 aromatic carbocycles. The van der Waals surface area contributed by atoms with Crippen molar-refractivity contribution in [3.05, 3.63) is 93.0 Å². The quantitative estimate of drug-likeness (QED) is 0.0334. The molecule has 1 fully saturated rings. The van der Waals surface area contributed by atoms with E-state index in [-0.39, 0.29) is 64.6 Å². The second-order valence-corrected chi connectivity index (χ2v) is 18.4. The Morgan fingerprint density at radius 1 is 0.764 bits per heavy atom. The fourth-order valence-electron chi connectivity index (χ4n) is 7.83. The number of ether oxygens (including phenoxy) is 12. The van der Waals surface area contributed by atoms with E-state index in [4.69, 9.17) is 80.0 Å². The first-order valence-corrected chi connectivity index (χ1v) is 24.4. The van der Waals surface area contributed by atoms with Crippen molar-refractivity contribution >= 4 is 40.8 Å². The third kappa shape index (κ3) is 19.3. The predicted octanol–water partition coefficient (Wildman–Crippen LogP) is 7.50. The average Bonchev–Trinajstić information content (AvgIpc) is 3.66. The van der Waals surface area contributed by atoms with E-state index in [0.717, 1.165) is 6.07 Å². The number of carbonyl (C=O) groups is 2. The highest BCUT2D eigenvalue weighted by atomic mass is 35.5. The van der Waals surface area contributed by atoms with Crippen molar-refractivity contribution in [3.8, 4) is 11.8 Å². The van der Waals surface area contributed by atoms with Gasteiger partial charge in [-0.2, -0.15) is 5.26 Å². The molecule has 1 heterocycles. The molecule has 400 valence electrons. The van der Waals surface area contributed by atoms with Crippen LogP contribution in [0.3, 0.4) is 0 Å². The van der Waals surface area contributed by atoms with Crippen LogP contribution in [0.5, 0.6) is 5.75 Å². The van der Waals surface area contributed by atoms with Crippen LogP contribution in [0.25, 0.3) is 0 Å². The van der Waals surface area contributed by atoms with Gasteiger partial charge in [0.15, 0.2) is 6.79 Å². The summed E-state index contributed by atoms with van der Waals surface area (Å²) in [6.45, 7) is 14.2. The largest absolute Gasteiger partial charge is 0.495 e. The first-order valence-electron chi connectivity index (χ1n) is 23.7. The van der Waals surface area contributed by atoms with Gasteiger partial charge in [-0.3, -0.25) is 4.79 Å². The number of rotatable bonds is 35. The van der Waals surface area contributed by atoms with E-state index in [1.54, 1.807) is 7.11 Å². The number of halogens is 4. The summed E-state index contributed by atoms with van der Waals surface area (Å²) < 4.78 is 97.1. The fourth-order valence-corrected chi connectivity index (χ4v) is 8.17. The van der Waals surface area contributed by atoms with E-state index in [9.17, 15) is 14.9 Å². The molecule has 3 aromatic rings. The summed E-state index contributed by atoms with van der Waals surface area (Å²) in [5, 5.41) is 17.1. The normalized spacial score (nSPS) is 18.2. The van der Waals surface area contributed by atoms with Gasteiger partial charge in [0.1, 0.15) is 22.8 Å². The molecule has 0 spiro atoms. The smallest absolute Gasteiger partial charge is 0.340 e. The molecule has 4 rings (SSSR count). The molecule has 21 heteroatoms. The molecule has 72 heavy (non-hydrogen) atoms. The van der Waals surface area contributed by atoms with E-state index in [0.29, 0.717) is 92.5 Å². The number of methoxy groups -OCH3 is 2. The number of hydrogen-bond donors (Lipinski definition) is 2. The molecule has 5 atom stereocenters. The van der Waals surface area contributed by atoms with E-state index in [1.165, 1.54) is 62.6 Å². The van der Waals surface area contributed by atoms with Gasteiger partial charge in [0.2, 0.25) is 12.2 Å². The van der Waals surface area contributed by atoms with E-state index >= 15 is 8.78 Å². The second kappa shape index (κ2) is 32.3. The lowest BCUT2D eigenvalue weighted by Gasteiger charge is -2.37. The van der Waals surface area contributed by atoms with Gasteiger partial charge in [-0.25, -0.2) is 13.6 Å². The molecule has 0 saturated carbocycles. The number of esters is 1. The summed E-state index contributed by atoms with van der Waals surface area (Å²) >= 11 is 12.4. The Bertz CT molecular complexity index is 2150. The van der Waals surface area contributed by atoms with Crippen LogP contribution in [-0.4, -0.2) is 157 Å². The van der Waals surface area contributed by atoms with Gasteiger partial charge in [0.05, 0.1) is 141 Å². The molecule has 0 radical (unpaired) electrons. The Balaban J connectivity index is 1.16. The first-order chi connectivity index (χ1) is 34.7. The molecular formula is C51H69Cl2F2N3O14. The number of benzene rings is 3. The van der Waals surface area contributed by atoms with Crippen LogP contribution in [0.4, 0.5) is 14.5 Å². The van der Waals surface area contributed by atoms with Crippen LogP contribution in [0.2, 0.25) is 10.0 Å².